The van der Waals surface area contributed by atoms with Gasteiger partial charge in [-0.1, -0.05) is 5.92 Å². The van der Waals surface area contributed by atoms with Crippen LogP contribution in [0.15, 0.2) is 36.8 Å². The molecule has 0 fully saturated rings. The minimum Gasteiger partial charge on any atom is -0.480 e. The molecule has 0 saturated heterocycles. The van der Waals surface area contributed by atoms with Crippen molar-refractivity contribution in [3.63, 3.8) is 0 Å². The first-order valence-electron chi connectivity index (χ1n) is 6.48. The van der Waals surface area contributed by atoms with Crippen LogP contribution >= 0.6 is 0 Å². The lowest BCUT2D eigenvalue weighted by Crippen LogP contribution is -2.22. The Bertz CT molecular complexity index is 871. The smallest absolute Gasteiger partial charge is 0.285 e. The normalized spacial score (nSPS) is 10.2. The van der Waals surface area contributed by atoms with Gasteiger partial charge in [0.25, 0.3) is 5.65 Å². The minimum atomic E-state index is 0.437. The van der Waals surface area contributed by atoms with Gasteiger partial charge in [0.1, 0.15) is 12.4 Å². The Hall–Kier alpha value is -3.00. The van der Waals surface area contributed by atoms with Crippen molar-refractivity contribution in [2.75, 3.05) is 12.8 Å². The Labute approximate surface area is 122 Å². The number of anilines is 1. The highest BCUT2D eigenvalue weighted by atomic mass is 16.5. The zero-order valence-corrected chi connectivity index (χ0v) is 11.8. The van der Waals surface area contributed by atoms with Crippen molar-refractivity contribution in [2.24, 2.45) is 0 Å². The molecule has 0 radical (unpaired) electrons. The van der Waals surface area contributed by atoms with Crippen LogP contribution in [-0.4, -0.2) is 17.1 Å². The maximum absolute atomic E-state index is 5.92. The minimum absolute atomic E-state index is 0.437. The molecule has 3 aromatic heterocycles. The van der Waals surface area contributed by atoms with Gasteiger partial charge in [0, 0.05) is 23.4 Å². The number of hydrogen-bond acceptors (Lipinski definition) is 3. The van der Waals surface area contributed by atoms with E-state index in [-0.39, 0.29) is 0 Å². The monoisotopic (exact) mass is 279 g/mol. The number of H-pyrrole nitrogens is 1. The average Bonchev–Trinajstić information content (AvgIpc) is 2.90. The predicted octanol–water partition coefficient (Wildman–Crippen LogP) is 1.78. The molecule has 0 spiro atoms. The molecule has 0 saturated carbocycles. The first kappa shape index (κ1) is 13.0. The summed E-state index contributed by atoms with van der Waals surface area (Å²) in [5.74, 6) is 6.40. The summed E-state index contributed by atoms with van der Waals surface area (Å²) in [6, 6.07) is 5.86. The quantitative estimate of drug-likeness (QED) is 0.555. The molecule has 0 unspecified atom stereocenters. The Balaban J connectivity index is 2.13. The number of ether oxygens (including phenoxy) is 1. The van der Waals surface area contributed by atoms with E-state index in [1.54, 1.807) is 13.3 Å². The molecule has 5 heteroatoms. The fourth-order valence-electron chi connectivity index (χ4n) is 2.22. The number of pyridine rings is 2. The number of nitrogen functional groups attached to an aromatic ring is 1. The van der Waals surface area contributed by atoms with Gasteiger partial charge in [-0.25, -0.2) is 9.97 Å². The number of nitrogens with zero attached hydrogens (tertiary/aromatic N) is 2. The van der Waals surface area contributed by atoms with Crippen LogP contribution in [0.3, 0.4) is 0 Å². The summed E-state index contributed by atoms with van der Waals surface area (Å²) in [6.07, 6.45) is 5.64. The summed E-state index contributed by atoms with van der Waals surface area (Å²) in [7, 11) is 1.55. The Morgan fingerprint density at radius 1 is 1.33 bits per heavy atom. The molecule has 3 N–H and O–H groups in total. The zero-order valence-electron chi connectivity index (χ0n) is 11.8. The van der Waals surface area contributed by atoms with E-state index in [4.69, 9.17) is 10.5 Å². The molecule has 0 aliphatic carbocycles. The molecule has 0 atom stereocenters. The second-order valence-electron chi connectivity index (χ2n) is 4.54. The van der Waals surface area contributed by atoms with Crippen molar-refractivity contribution in [1.29, 1.82) is 0 Å². The third kappa shape index (κ3) is 2.28. The lowest BCUT2D eigenvalue weighted by atomic mass is 10.1. The number of rotatable bonds is 2. The predicted molar refractivity (Wildman–Crippen MR) is 80.7 cm³/mol. The summed E-state index contributed by atoms with van der Waals surface area (Å²) < 4.78 is 7.09. The second-order valence-corrected chi connectivity index (χ2v) is 4.54. The fraction of sp³-hybridized carbons (Fsp3) is 0.125. The maximum Gasteiger partial charge on any atom is 0.285 e. The highest BCUT2D eigenvalue weighted by molar-refractivity contribution is 5.67. The van der Waals surface area contributed by atoms with E-state index in [1.807, 2.05) is 41.9 Å². The van der Waals surface area contributed by atoms with E-state index in [1.165, 1.54) is 0 Å². The largest absolute Gasteiger partial charge is 0.480 e. The summed E-state index contributed by atoms with van der Waals surface area (Å²) >= 11 is 0. The van der Waals surface area contributed by atoms with Crippen LogP contribution in [-0.2, 0) is 0 Å². The van der Waals surface area contributed by atoms with Gasteiger partial charge in [0.2, 0.25) is 11.6 Å². The Kier molecular flexibility index (Phi) is 3.20. The topological polar surface area (TPSA) is 68.0 Å². The third-order valence-corrected chi connectivity index (χ3v) is 3.22. The number of nitrogens with one attached hydrogen (secondary N) is 1. The SMILES string of the molecule is CC#Cc1c[nH]c2ccc(-c3cnc(OC)c(N)c3)c[n+]12. The van der Waals surface area contributed by atoms with Crippen LogP contribution in [0.1, 0.15) is 12.6 Å². The molecule has 0 aliphatic heterocycles. The first-order chi connectivity index (χ1) is 10.2. The van der Waals surface area contributed by atoms with Crippen molar-refractivity contribution in [3.8, 4) is 28.8 Å². The van der Waals surface area contributed by atoms with Gasteiger partial charge < -0.3 is 10.5 Å². The van der Waals surface area contributed by atoms with Crippen molar-refractivity contribution in [2.45, 2.75) is 6.92 Å². The van der Waals surface area contributed by atoms with Crippen molar-refractivity contribution in [3.05, 3.63) is 42.5 Å². The van der Waals surface area contributed by atoms with Gasteiger partial charge >= 0.3 is 0 Å². The maximum atomic E-state index is 5.92. The van der Waals surface area contributed by atoms with Crippen LogP contribution in [0.25, 0.3) is 16.8 Å². The number of imidazole rings is 1. The van der Waals surface area contributed by atoms with Crippen LogP contribution < -0.4 is 14.9 Å². The van der Waals surface area contributed by atoms with E-state index in [2.05, 4.69) is 21.8 Å². The molecule has 21 heavy (non-hydrogen) atoms. The highest BCUT2D eigenvalue weighted by Crippen LogP contribution is 2.25. The fourth-order valence-corrected chi connectivity index (χ4v) is 2.22. The van der Waals surface area contributed by atoms with Gasteiger partial charge in [-0.15, -0.1) is 0 Å². The number of methoxy groups -OCH3 is 1. The van der Waals surface area contributed by atoms with Gasteiger partial charge in [-0.3, -0.25) is 0 Å². The first-order valence-corrected chi connectivity index (χ1v) is 6.48. The van der Waals surface area contributed by atoms with Crippen molar-refractivity contribution < 1.29 is 9.14 Å². The molecule has 3 aromatic rings. The molecular formula is C16H15N4O+. The standard InChI is InChI=1S/C16H14N4O/c1-3-4-13-9-18-15-6-5-11(10-20(13)15)12-7-14(17)16(21-2)19-8-12/h5-10H,17H2,1-2H3/p+1. The molecule has 0 aromatic carbocycles. The molecule has 0 aliphatic rings. The van der Waals surface area contributed by atoms with E-state index in [0.29, 0.717) is 11.6 Å². The van der Waals surface area contributed by atoms with E-state index < -0.39 is 0 Å². The summed E-state index contributed by atoms with van der Waals surface area (Å²) in [6.45, 7) is 1.82. The van der Waals surface area contributed by atoms with Gasteiger partial charge in [-0.05, 0) is 25.0 Å². The van der Waals surface area contributed by atoms with E-state index in [9.17, 15) is 0 Å². The number of hydrogen-bond donors (Lipinski definition) is 2. The molecular weight excluding hydrogens is 264 g/mol. The van der Waals surface area contributed by atoms with Crippen LogP contribution in [0, 0.1) is 11.8 Å². The van der Waals surface area contributed by atoms with Crippen LogP contribution in [0.2, 0.25) is 0 Å². The zero-order chi connectivity index (χ0) is 14.8. The number of aromatic amines is 1. The lowest BCUT2D eigenvalue weighted by molar-refractivity contribution is -0.512. The van der Waals surface area contributed by atoms with E-state index in [0.717, 1.165) is 22.5 Å². The molecule has 3 rings (SSSR count). The molecule has 5 nitrogen and oxygen atoms in total. The summed E-state index contributed by atoms with van der Waals surface area (Å²) in [4.78, 5) is 7.39. The molecule has 104 valence electrons. The Morgan fingerprint density at radius 3 is 2.90 bits per heavy atom. The summed E-state index contributed by atoms with van der Waals surface area (Å²) in [5.41, 5.74) is 10.3. The number of nitrogens with two attached hydrogens (primary N) is 1. The van der Waals surface area contributed by atoms with Gasteiger partial charge in [0.15, 0.2) is 0 Å². The molecule has 0 bridgehead atoms. The molecule has 0 amide bonds. The van der Waals surface area contributed by atoms with Crippen LogP contribution in [0.5, 0.6) is 5.88 Å². The highest BCUT2D eigenvalue weighted by Gasteiger charge is 2.11. The molecule has 3 heterocycles. The van der Waals surface area contributed by atoms with Crippen molar-refractivity contribution >= 4 is 11.3 Å². The lowest BCUT2D eigenvalue weighted by Gasteiger charge is -2.05. The third-order valence-electron chi connectivity index (χ3n) is 3.22. The number of fused-ring (bicyclic) bond motifs is 1. The number of aromatic nitrogens is 3. The second kappa shape index (κ2) is 5.17. The van der Waals surface area contributed by atoms with E-state index >= 15 is 0 Å². The average molecular weight is 279 g/mol. The Morgan fingerprint density at radius 2 is 2.19 bits per heavy atom. The summed E-state index contributed by atoms with van der Waals surface area (Å²) in [5, 5.41) is 0. The van der Waals surface area contributed by atoms with Gasteiger partial charge in [-0.2, -0.15) is 4.40 Å². The van der Waals surface area contributed by atoms with Crippen LogP contribution in [0.4, 0.5) is 5.69 Å². The van der Waals surface area contributed by atoms with Gasteiger partial charge in [0.05, 0.1) is 12.8 Å². The van der Waals surface area contributed by atoms with Crippen molar-refractivity contribution in [1.82, 2.24) is 9.97 Å².